The molecule has 158 valence electrons. The number of amides is 1. The van der Waals surface area contributed by atoms with Crippen molar-refractivity contribution in [2.45, 2.75) is 32.5 Å². The lowest BCUT2D eigenvalue weighted by Gasteiger charge is -2.21. The number of aromatic nitrogens is 2. The van der Waals surface area contributed by atoms with Gasteiger partial charge in [-0.05, 0) is 36.2 Å². The quantitative estimate of drug-likeness (QED) is 0.501. The van der Waals surface area contributed by atoms with Gasteiger partial charge in [-0.25, -0.2) is 4.79 Å². The number of para-hydroxylation sites is 1. The van der Waals surface area contributed by atoms with Gasteiger partial charge in [0.05, 0.1) is 30.3 Å². The van der Waals surface area contributed by atoms with E-state index in [1.807, 2.05) is 37.3 Å². The molecule has 2 heterocycles. The van der Waals surface area contributed by atoms with Gasteiger partial charge in [0.15, 0.2) is 0 Å². The van der Waals surface area contributed by atoms with Crippen LogP contribution in [-0.2, 0) is 17.9 Å². The Kier molecular flexibility index (Phi) is 5.84. The zero-order valence-corrected chi connectivity index (χ0v) is 17.2. The van der Waals surface area contributed by atoms with Gasteiger partial charge >= 0.3 is 5.69 Å². The molecule has 2 aromatic heterocycles. The summed E-state index contributed by atoms with van der Waals surface area (Å²) in [5, 5.41) is 3.23. The minimum absolute atomic E-state index is 0.133. The third-order valence-corrected chi connectivity index (χ3v) is 5.28. The first-order valence-electron chi connectivity index (χ1n) is 10.2. The van der Waals surface area contributed by atoms with Crippen molar-refractivity contribution < 1.29 is 9.21 Å². The maximum atomic E-state index is 13.5. The molecule has 0 saturated heterocycles. The van der Waals surface area contributed by atoms with Crippen molar-refractivity contribution >= 4 is 16.8 Å². The van der Waals surface area contributed by atoms with E-state index in [1.54, 1.807) is 36.4 Å². The van der Waals surface area contributed by atoms with Crippen LogP contribution in [0.4, 0.5) is 0 Å². The summed E-state index contributed by atoms with van der Waals surface area (Å²) in [6.45, 7) is 2.19. The average molecular weight is 417 g/mol. The number of carbonyl (C=O) groups excluding carboxylic acids is 1. The fourth-order valence-electron chi connectivity index (χ4n) is 3.73. The molecule has 4 rings (SSSR count). The minimum Gasteiger partial charge on any atom is -0.467 e. The predicted molar refractivity (Wildman–Crippen MR) is 118 cm³/mol. The Bertz CT molecular complexity index is 1300. The lowest BCUT2D eigenvalue weighted by molar-refractivity contribution is -0.124. The lowest BCUT2D eigenvalue weighted by Crippen LogP contribution is -2.45. The first-order valence-corrected chi connectivity index (χ1v) is 10.2. The highest BCUT2D eigenvalue weighted by atomic mass is 16.3. The van der Waals surface area contributed by atoms with E-state index in [0.29, 0.717) is 23.1 Å². The van der Waals surface area contributed by atoms with Crippen LogP contribution in [-0.4, -0.2) is 15.0 Å². The fourth-order valence-corrected chi connectivity index (χ4v) is 3.73. The van der Waals surface area contributed by atoms with Crippen LogP contribution in [0.15, 0.2) is 87.0 Å². The van der Waals surface area contributed by atoms with E-state index in [1.165, 1.54) is 15.4 Å². The maximum Gasteiger partial charge on any atom is 0.332 e. The summed E-state index contributed by atoms with van der Waals surface area (Å²) in [6.07, 6.45) is 1.92. The average Bonchev–Trinajstić information content (AvgIpc) is 3.32. The molecular weight excluding hydrogens is 394 g/mol. The Hall–Kier alpha value is -3.87. The summed E-state index contributed by atoms with van der Waals surface area (Å²) in [6, 6.07) is 19.0. The molecule has 2 aromatic carbocycles. The van der Waals surface area contributed by atoms with Gasteiger partial charge in [0.1, 0.15) is 11.8 Å². The standard InChI is InChI=1S/C24H23N3O4/c1-2-20(22(28)25-15-18-11-8-14-31-18)27-21-13-7-6-12-19(21)23(29)26(24(27)30)16-17-9-4-3-5-10-17/h3-14,20H,2,15-16H2,1H3,(H,25,28)/t20-/m1/s1. The van der Waals surface area contributed by atoms with E-state index < -0.39 is 11.7 Å². The fraction of sp³-hybridized carbons (Fsp3) is 0.208. The summed E-state index contributed by atoms with van der Waals surface area (Å²) < 4.78 is 7.89. The predicted octanol–water partition coefficient (Wildman–Crippen LogP) is 3.07. The molecule has 0 unspecified atom stereocenters. The summed E-state index contributed by atoms with van der Waals surface area (Å²) >= 11 is 0. The van der Waals surface area contributed by atoms with Crippen molar-refractivity contribution in [2.75, 3.05) is 0 Å². The molecule has 7 nitrogen and oxygen atoms in total. The number of rotatable bonds is 7. The second-order valence-electron chi connectivity index (χ2n) is 7.27. The Morgan fingerprint density at radius 2 is 1.74 bits per heavy atom. The molecule has 0 saturated carbocycles. The van der Waals surface area contributed by atoms with Crippen LogP contribution in [0.25, 0.3) is 10.9 Å². The molecule has 1 N–H and O–H groups in total. The molecular formula is C24H23N3O4. The molecule has 0 aliphatic rings. The monoisotopic (exact) mass is 417 g/mol. The zero-order valence-electron chi connectivity index (χ0n) is 17.2. The second-order valence-corrected chi connectivity index (χ2v) is 7.27. The van der Waals surface area contributed by atoms with Crippen LogP contribution in [0.1, 0.15) is 30.7 Å². The van der Waals surface area contributed by atoms with E-state index in [4.69, 9.17) is 4.42 Å². The van der Waals surface area contributed by atoms with Gasteiger partial charge in [0.25, 0.3) is 5.56 Å². The molecule has 31 heavy (non-hydrogen) atoms. The third-order valence-electron chi connectivity index (χ3n) is 5.28. The van der Waals surface area contributed by atoms with Crippen LogP contribution >= 0.6 is 0 Å². The molecule has 0 aliphatic carbocycles. The van der Waals surface area contributed by atoms with Crippen molar-refractivity contribution in [3.05, 3.63) is 105 Å². The van der Waals surface area contributed by atoms with Crippen molar-refractivity contribution in [3.63, 3.8) is 0 Å². The topological polar surface area (TPSA) is 86.2 Å². The van der Waals surface area contributed by atoms with Gasteiger partial charge < -0.3 is 9.73 Å². The van der Waals surface area contributed by atoms with Gasteiger partial charge in [0.2, 0.25) is 5.91 Å². The minimum atomic E-state index is -0.769. The van der Waals surface area contributed by atoms with Crippen molar-refractivity contribution in [1.29, 1.82) is 0 Å². The van der Waals surface area contributed by atoms with E-state index in [2.05, 4.69) is 5.32 Å². The van der Waals surface area contributed by atoms with Crippen LogP contribution in [0.5, 0.6) is 0 Å². The Labute approximate surface area is 178 Å². The number of furan rings is 1. The number of hydrogen-bond acceptors (Lipinski definition) is 4. The third kappa shape index (κ3) is 4.07. The molecule has 0 radical (unpaired) electrons. The summed E-state index contributed by atoms with van der Waals surface area (Å²) in [5.41, 5.74) is 0.403. The number of fused-ring (bicyclic) bond motifs is 1. The first kappa shape index (κ1) is 20.4. The number of carbonyl (C=O) groups is 1. The van der Waals surface area contributed by atoms with Crippen molar-refractivity contribution in [3.8, 4) is 0 Å². The number of hydrogen-bond donors (Lipinski definition) is 1. The van der Waals surface area contributed by atoms with Gasteiger partial charge in [-0.1, -0.05) is 49.4 Å². The zero-order chi connectivity index (χ0) is 21.8. The molecule has 0 bridgehead atoms. The van der Waals surface area contributed by atoms with E-state index >= 15 is 0 Å². The van der Waals surface area contributed by atoms with Crippen LogP contribution < -0.4 is 16.6 Å². The van der Waals surface area contributed by atoms with Gasteiger partial charge in [-0.15, -0.1) is 0 Å². The van der Waals surface area contributed by atoms with Gasteiger partial charge in [-0.3, -0.25) is 18.7 Å². The number of nitrogens with zero attached hydrogens (tertiary/aromatic N) is 2. The summed E-state index contributed by atoms with van der Waals surface area (Å²) in [4.78, 5) is 39.6. The van der Waals surface area contributed by atoms with Crippen molar-refractivity contribution in [1.82, 2.24) is 14.5 Å². The highest BCUT2D eigenvalue weighted by Crippen LogP contribution is 2.17. The summed E-state index contributed by atoms with van der Waals surface area (Å²) in [5.74, 6) is 0.311. The highest BCUT2D eigenvalue weighted by molar-refractivity contribution is 5.84. The largest absolute Gasteiger partial charge is 0.467 e. The first-order chi connectivity index (χ1) is 15.1. The van der Waals surface area contributed by atoms with Gasteiger partial charge in [0, 0.05) is 0 Å². The molecule has 0 fully saturated rings. The number of nitrogens with one attached hydrogen (secondary N) is 1. The van der Waals surface area contributed by atoms with E-state index in [-0.39, 0.29) is 24.6 Å². The van der Waals surface area contributed by atoms with Crippen LogP contribution in [0, 0.1) is 0 Å². The van der Waals surface area contributed by atoms with Gasteiger partial charge in [-0.2, -0.15) is 0 Å². The summed E-state index contributed by atoms with van der Waals surface area (Å²) in [7, 11) is 0. The number of benzene rings is 2. The SMILES string of the molecule is CC[C@H](C(=O)NCc1ccco1)n1c(=O)n(Cc2ccccc2)c(=O)c2ccccc21. The molecule has 0 aliphatic heterocycles. The Morgan fingerprint density at radius 1 is 1.00 bits per heavy atom. The Morgan fingerprint density at radius 3 is 2.45 bits per heavy atom. The second kappa shape index (κ2) is 8.87. The van der Waals surface area contributed by atoms with Crippen LogP contribution in [0.2, 0.25) is 0 Å². The maximum absolute atomic E-state index is 13.5. The molecule has 1 atom stereocenters. The van der Waals surface area contributed by atoms with E-state index in [0.717, 1.165) is 5.56 Å². The lowest BCUT2D eigenvalue weighted by atomic mass is 10.1. The van der Waals surface area contributed by atoms with Crippen molar-refractivity contribution in [2.24, 2.45) is 0 Å². The van der Waals surface area contributed by atoms with Crippen LogP contribution in [0.3, 0.4) is 0 Å². The van der Waals surface area contributed by atoms with E-state index in [9.17, 15) is 14.4 Å². The molecule has 1 amide bonds. The Balaban J connectivity index is 1.80. The molecule has 0 spiro atoms. The smallest absolute Gasteiger partial charge is 0.332 e. The molecule has 7 heteroatoms. The molecule has 4 aromatic rings. The highest BCUT2D eigenvalue weighted by Gasteiger charge is 2.24. The normalized spacial score (nSPS) is 12.0.